The van der Waals surface area contributed by atoms with Crippen LogP contribution in [0.25, 0.3) is 0 Å². The van der Waals surface area contributed by atoms with E-state index in [-0.39, 0.29) is 17.1 Å². The fourth-order valence-corrected chi connectivity index (χ4v) is 1.06. The van der Waals surface area contributed by atoms with E-state index in [1.54, 1.807) is 0 Å². The predicted molar refractivity (Wildman–Crippen MR) is 56.4 cm³/mol. The molecule has 4 heteroatoms. The molecule has 1 N–H and O–H groups in total. The highest BCUT2D eigenvalue weighted by Gasteiger charge is 2.08. The summed E-state index contributed by atoms with van der Waals surface area (Å²) < 4.78 is 4.77. The first-order chi connectivity index (χ1) is 6.69. The molecule has 78 valence electrons. The third-order valence-corrected chi connectivity index (χ3v) is 1.63. The SMILES string of the molecule is CC.COc1cc(Cl)cc(C=O)c1O. The second kappa shape index (κ2) is 6.27. The van der Waals surface area contributed by atoms with Crippen molar-refractivity contribution in [2.75, 3.05) is 7.11 Å². The Balaban J connectivity index is 0.000000791. The molecule has 3 nitrogen and oxygen atoms in total. The number of benzene rings is 1. The maximum Gasteiger partial charge on any atom is 0.168 e. The molecule has 0 saturated carbocycles. The Kier molecular flexibility index (Phi) is 5.72. The van der Waals surface area contributed by atoms with E-state index in [1.165, 1.54) is 19.2 Å². The molecule has 0 amide bonds. The number of carbonyl (C=O) groups is 1. The molecular weight excluding hydrogens is 204 g/mol. The standard InChI is InChI=1S/C8H7ClO3.C2H6/c1-12-7-3-6(9)2-5(4-10)8(7)11;1-2/h2-4,11H,1H3;1-2H3. The van der Waals surface area contributed by atoms with E-state index in [9.17, 15) is 9.90 Å². The van der Waals surface area contributed by atoms with Gasteiger partial charge in [-0.15, -0.1) is 0 Å². The molecule has 0 spiro atoms. The van der Waals surface area contributed by atoms with Gasteiger partial charge in [0.05, 0.1) is 12.7 Å². The molecule has 14 heavy (non-hydrogen) atoms. The second-order valence-electron chi connectivity index (χ2n) is 2.16. The molecule has 0 radical (unpaired) electrons. The third-order valence-electron chi connectivity index (χ3n) is 1.42. The molecule has 0 aliphatic carbocycles. The van der Waals surface area contributed by atoms with Gasteiger partial charge in [-0.3, -0.25) is 4.79 Å². The molecule has 0 aliphatic rings. The van der Waals surface area contributed by atoms with Gasteiger partial charge < -0.3 is 9.84 Å². The van der Waals surface area contributed by atoms with Crippen LogP contribution in [-0.2, 0) is 0 Å². The maximum atomic E-state index is 10.4. The molecule has 0 unspecified atom stereocenters. The normalized spacial score (nSPS) is 8.57. The van der Waals surface area contributed by atoms with Gasteiger partial charge >= 0.3 is 0 Å². The van der Waals surface area contributed by atoms with Crippen LogP contribution in [0.15, 0.2) is 12.1 Å². The van der Waals surface area contributed by atoms with Crippen molar-refractivity contribution in [3.05, 3.63) is 22.7 Å². The molecule has 0 saturated heterocycles. The maximum absolute atomic E-state index is 10.4. The van der Waals surface area contributed by atoms with Crippen LogP contribution >= 0.6 is 11.6 Å². The van der Waals surface area contributed by atoms with Crippen LogP contribution < -0.4 is 4.74 Å². The van der Waals surface area contributed by atoms with Gasteiger partial charge in [0.2, 0.25) is 0 Å². The summed E-state index contributed by atoms with van der Waals surface area (Å²) in [5.74, 6) is 0.0153. The number of methoxy groups -OCH3 is 1. The zero-order chi connectivity index (χ0) is 11.1. The number of rotatable bonds is 2. The van der Waals surface area contributed by atoms with Crippen LogP contribution in [0.2, 0.25) is 5.02 Å². The molecule has 1 aromatic rings. The van der Waals surface area contributed by atoms with Crippen molar-refractivity contribution in [3.8, 4) is 11.5 Å². The lowest BCUT2D eigenvalue weighted by molar-refractivity contribution is 0.112. The van der Waals surface area contributed by atoms with E-state index in [4.69, 9.17) is 16.3 Å². The molecule has 1 rings (SSSR count). The smallest absolute Gasteiger partial charge is 0.168 e. The van der Waals surface area contributed by atoms with Crippen molar-refractivity contribution >= 4 is 17.9 Å². The lowest BCUT2D eigenvalue weighted by Crippen LogP contribution is -1.88. The highest BCUT2D eigenvalue weighted by molar-refractivity contribution is 6.31. The number of hydrogen-bond acceptors (Lipinski definition) is 3. The van der Waals surface area contributed by atoms with Gasteiger partial charge in [-0.25, -0.2) is 0 Å². The molecule has 0 aromatic heterocycles. The Labute approximate surface area is 88.3 Å². The molecular formula is C10H13ClO3. The van der Waals surface area contributed by atoms with E-state index < -0.39 is 0 Å². The van der Waals surface area contributed by atoms with Crippen molar-refractivity contribution in [3.63, 3.8) is 0 Å². The fourth-order valence-electron chi connectivity index (χ4n) is 0.840. The minimum atomic E-state index is -0.183. The Morgan fingerprint density at radius 2 is 2.00 bits per heavy atom. The van der Waals surface area contributed by atoms with Gasteiger partial charge in [-0.2, -0.15) is 0 Å². The number of phenolic OH excluding ortho intramolecular Hbond substituents is 1. The predicted octanol–water partition coefficient (Wildman–Crippen LogP) is 2.89. The number of hydrogen-bond donors (Lipinski definition) is 1. The van der Waals surface area contributed by atoms with E-state index in [2.05, 4.69) is 0 Å². The van der Waals surface area contributed by atoms with Crippen molar-refractivity contribution in [1.82, 2.24) is 0 Å². The minimum Gasteiger partial charge on any atom is -0.504 e. The summed E-state index contributed by atoms with van der Waals surface area (Å²) in [6.07, 6.45) is 0.518. The van der Waals surface area contributed by atoms with E-state index >= 15 is 0 Å². The number of ether oxygens (including phenoxy) is 1. The monoisotopic (exact) mass is 216 g/mol. The lowest BCUT2D eigenvalue weighted by Gasteiger charge is -2.04. The highest BCUT2D eigenvalue weighted by atomic mass is 35.5. The van der Waals surface area contributed by atoms with Crippen LogP contribution in [0.5, 0.6) is 11.5 Å². The summed E-state index contributed by atoms with van der Waals surface area (Å²) in [6, 6.07) is 2.80. The second-order valence-corrected chi connectivity index (χ2v) is 2.60. The van der Waals surface area contributed by atoms with E-state index in [0.717, 1.165) is 0 Å². The van der Waals surface area contributed by atoms with E-state index in [0.29, 0.717) is 11.3 Å². The van der Waals surface area contributed by atoms with Gasteiger partial charge in [-0.05, 0) is 6.07 Å². The number of halogens is 1. The summed E-state index contributed by atoms with van der Waals surface area (Å²) in [7, 11) is 1.39. The molecule has 0 bridgehead atoms. The van der Waals surface area contributed by atoms with Gasteiger partial charge in [0.15, 0.2) is 17.8 Å². The van der Waals surface area contributed by atoms with Gasteiger partial charge in [0.25, 0.3) is 0 Å². The number of phenols is 1. The summed E-state index contributed by atoms with van der Waals surface area (Å²) in [5.41, 5.74) is 0.124. The van der Waals surface area contributed by atoms with Crippen LogP contribution in [0.1, 0.15) is 24.2 Å². The van der Waals surface area contributed by atoms with Crippen molar-refractivity contribution in [1.29, 1.82) is 0 Å². The largest absolute Gasteiger partial charge is 0.504 e. The molecule has 0 fully saturated rings. The molecule has 0 atom stereocenters. The molecule has 1 aromatic carbocycles. The molecule has 0 aliphatic heterocycles. The summed E-state index contributed by atoms with van der Waals surface area (Å²) in [5, 5.41) is 9.65. The average molecular weight is 217 g/mol. The van der Waals surface area contributed by atoms with Crippen LogP contribution in [-0.4, -0.2) is 18.5 Å². The Hall–Kier alpha value is -1.22. The lowest BCUT2D eigenvalue weighted by atomic mass is 10.2. The van der Waals surface area contributed by atoms with Crippen LogP contribution in [0, 0.1) is 0 Å². The third kappa shape index (κ3) is 2.92. The van der Waals surface area contributed by atoms with Crippen LogP contribution in [0.3, 0.4) is 0 Å². The summed E-state index contributed by atoms with van der Waals surface area (Å²) in [6.45, 7) is 4.00. The Bertz CT molecular complexity index is 310. The Morgan fingerprint density at radius 3 is 2.43 bits per heavy atom. The number of aldehydes is 1. The van der Waals surface area contributed by atoms with Gasteiger partial charge in [0.1, 0.15) is 0 Å². The number of carbonyl (C=O) groups excluding carboxylic acids is 1. The fraction of sp³-hybridized carbons (Fsp3) is 0.300. The topological polar surface area (TPSA) is 46.5 Å². The highest BCUT2D eigenvalue weighted by Crippen LogP contribution is 2.32. The Morgan fingerprint density at radius 1 is 1.43 bits per heavy atom. The zero-order valence-electron chi connectivity index (χ0n) is 8.37. The first kappa shape index (κ1) is 12.8. The summed E-state index contributed by atoms with van der Waals surface area (Å²) in [4.78, 5) is 10.4. The van der Waals surface area contributed by atoms with Gasteiger partial charge in [0, 0.05) is 11.1 Å². The van der Waals surface area contributed by atoms with Crippen molar-refractivity contribution < 1.29 is 14.6 Å². The average Bonchev–Trinajstić information content (AvgIpc) is 2.23. The van der Waals surface area contributed by atoms with Crippen molar-refractivity contribution in [2.45, 2.75) is 13.8 Å². The van der Waals surface area contributed by atoms with Crippen LogP contribution in [0.4, 0.5) is 0 Å². The molecule has 0 heterocycles. The number of aromatic hydroxyl groups is 1. The zero-order valence-corrected chi connectivity index (χ0v) is 9.13. The minimum absolute atomic E-state index is 0.124. The first-order valence-electron chi connectivity index (χ1n) is 4.20. The summed E-state index contributed by atoms with van der Waals surface area (Å²) >= 11 is 5.63. The first-order valence-corrected chi connectivity index (χ1v) is 4.58. The van der Waals surface area contributed by atoms with Gasteiger partial charge in [-0.1, -0.05) is 25.4 Å². The quantitative estimate of drug-likeness (QED) is 0.774. The van der Waals surface area contributed by atoms with E-state index in [1.807, 2.05) is 13.8 Å². The van der Waals surface area contributed by atoms with Crippen molar-refractivity contribution in [2.24, 2.45) is 0 Å².